The molecule has 0 unspecified atom stereocenters. The molecule has 3 aromatic carbocycles. The van der Waals surface area contributed by atoms with E-state index in [0.717, 1.165) is 0 Å². The number of nitriles is 1. The summed E-state index contributed by atoms with van der Waals surface area (Å²) in [6, 6.07) is 16.7. The average Bonchev–Trinajstić information content (AvgIpc) is 2.79. The van der Waals surface area contributed by atoms with Gasteiger partial charge < -0.3 is 14.2 Å². The molecule has 0 atom stereocenters. The maximum absolute atomic E-state index is 12.7. The van der Waals surface area contributed by atoms with E-state index in [-0.39, 0.29) is 26.4 Å². The molecule has 1 N–H and O–H groups in total. The quantitative estimate of drug-likeness (QED) is 0.206. The molecule has 3 aromatic rings. The Bertz CT molecular complexity index is 1420. The summed E-state index contributed by atoms with van der Waals surface area (Å²) in [4.78, 5) is 12.4. The summed E-state index contributed by atoms with van der Waals surface area (Å²) in [5, 5.41) is 12.9. The van der Waals surface area contributed by atoms with E-state index in [0.29, 0.717) is 21.3 Å². The average molecular weight is 582 g/mol. The maximum atomic E-state index is 12.7. The Balaban J connectivity index is 1.91. The van der Waals surface area contributed by atoms with Crippen LogP contribution in [0.25, 0.3) is 6.08 Å². The van der Waals surface area contributed by atoms with Crippen molar-refractivity contribution in [2.45, 2.75) is 4.90 Å². The number of hydrogen-bond acceptors (Lipinski definition) is 6. The predicted molar refractivity (Wildman–Crippen MR) is 134 cm³/mol. The minimum absolute atomic E-state index is 0.0608. The summed E-state index contributed by atoms with van der Waals surface area (Å²) in [5.41, 5.74) is 0.614. The molecule has 34 heavy (non-hydrogen) atoms. The van der Waals surface area contributed by atoms with Crippen LogP contribution in [-0.2, 0) is 14.9 Å². The van der Waals surface area contributed by atoms with Crippen LogP contribution >= 0.6 is 39.1 Å². The van der Waals surface area contributed by atoms with Gasteiger partial charge in [0.25, 0.3) is 5.91 Å². The Labute approximate surface area is 214 Å². The van der Waals surface area contributed by atoms with Crippen molar-refractivity contribution in [1.29, 1.82) is 5.26 Å². The van der Waals surface area contributed by atoms with E-state index >= 15 is 0 Å². The molecule has 3 rings (SSSR count). The first-order chi connectivity index (χ1) is 16.1. The molecule has 0 saturated heterocycles. The molecule has 0 saturated carbocycles. The van der Waals surface area contributed by atoms with Gasteiger partial charge in [0.2, 0.25) is 0 Å². The van der Waals surface area contributed by atoms with Crippen molar-refractivity contribution >= 4 is 66.9 Å². The number of halogens is 3. The van der Waals surface area contributed by atoms with Gasteiger partial charge in [0.15, 0.2) is 11.5 Å². The van der Waals surface area contributed by atoms with Crippen LogP contribution in [0, 0.1) is 11.3 Å². The first-order valence-electron chi connectivity index (χ1n) is 9.39. The normalized spacial score (nSPS) is 11.4. The number of methoxy groups -OCH3 is 1. The smallest absolute Gasteiger partial charge is 0.339 e. The van der Waals surface area contributed by atoms with Crippen LogP contribution < -0.4 is 14.2 Å². The van der Waals surface area contributed by atoms with Gasteiger partial charge in [0, 0.05) is 15.7 Å². The van der Waals surface area contributed by atoms with Crippen LogP contribution in [-0.4, -0.2) is 21.4 Å². The number of rotatable bonds is 7. The Morgan fingerprint density at radius 1 is 1.09 bits per heavy atom. The van der Waals surface area contributed by atoms with Crippen molar-refractivity contribution in [3.8, 4) is 17.6 Å². The lowest BCUT2D eigenvalue weighted by Crippen LogP contribution is -2.13. The monoisotopic (exact) mass is 580 g/mol. The van der Waals surface area contributed by atoms with Crippen molar-refractivity contribution in [1.82, 2.24) is 0 Å². The topological polar surface area (TPSA) is 105 Å². The second-order valence-electron chi connectivity index (χ2n) is 6.66. The summed E-state index contributed by atoms with van der Waals surface area (Å²) in [5.74, 6) is -0.687. The van der Waals surface area contributed by atoms with Gasteiger partial charge >= 0.3 is 10.1 Å². The van der Waals surface area contributed by atoms with Crippen molar-refractivity contribution in [2.75, 3.05) is 12.4 Å². The van der Waals surface area contributed by atoms with Gasteiger partial charge in [-0.3, -0.25) is 4.79 Å². The minimum atomic E-state index is -4.19. The molecule has 0 aliphatic heterocycles. The highest BCUT2D eigenvalue weighted by molar-refractivity contribution is 9.10. The molecular weight excluding hydrogens is 567 g/mol. The van der Waals surface area contributed by atoms with E-state index in [1.165, 1.54) is 49.6 Å². The zero-order valence-corrected chi connectivity index (χ0v) is 21.3. The van der Waals surface area contributed by atoms with Crippen molar-refractivity contribution < 1.29 is 22.1 Å². The molecular formula is C23H15BrCl2N2O5S. The molecule has 0 spiro atoms. The highest BCUT2D eigenvalue weighted by Crippen LogP contribution is 2.39. The number of amides is 1. The number of ether oxygens (including phenoxy) is 1. The Morgan fingerprint density at radius 3 is 2.41 bits per heavy atom. The molecule has 0 heterocycles. The van der Waals surface area contributed by atoms with Gasteiger partial charge in [-0.1, -0.05) is 29.3 Å². The van der Waals surface area contributed by atoms with Crippen LogP contribution in [0.4, 0.5) is 5.69 Å². The van der Waals surface area contributed by atoms with E-state index in [4.69, 9.17) is 32.1 Å². The SMILES string of the molecule is COc1cc(/C=C(\C#N)C(=O)Nc2cccc(Cl)c2)cc(Br)c1OS(=O)(=O)c1ccc(Cl)cc1. The van der Waals surface area contributed by atoms with E-state index in [1.807, 2.05) is 6.07 Å². The van der Waals surface area contributed by atoms with Gasteiger partial charge in [-0.25, -0.2) is 0 Å². The second-order valence-corrected chi connectivity index (χ2v) is 9.93. The third-order valence-electron chi connectivity index (χ3n) is 4.31. The van der Waals surface area contributed by atoms with Crippen LogP contribution in [0.15, 0.2) is 75.6 Å². The van der Waals surface area contributed by atoms with Gasteiger partial charge in [0.1, 0.15) is 16.5 Å². The van der Waals surface area contributed by atoms with Crippen LogP contribution in [0.5, 0.6) is 11.5 Å². The van der Waals surface area contributed by atoms with E-state index < -0.39 is 16.0 Å². The Kier molecular flexibility index (Phi) is 8.23. The highest BCUT2D eigenvalue weighted by Gasteiger charge is 2.22. The number of nitrogens with one attached hydrogen (secondary N) is 1. The molecule has 174 valence electrons. The molecule has 0 bridgehead atoms. The Hall–Kier alpha value is -3.03. The summed E-state index contributed by atoms with van der Waals surface area (Å²) >= 11 is 15.0. The summed E-state index contributed by atoms with van der Waals surface area (Å²) in [7, 11) is -2.86. The first-order valence-corrected chi connectivity index (χ1v) is 12.3. The van der Waals surface area contributed by atoms with Crippen LogP contribution in [0.2, 0.25) is 10.0 Å². The van der Waals surface area contributed by atoms with Gasteiger partial charge in [-0.15, -0.1) is 0 Å². The maximum Gasteiger partial charge on any atom is 0.339 e. The molecule has 0 aliphatic rings. The molecule has 7 nitrogen and oxygen atoms in total. The van der Waals surface area contributed by atoms with Crippen LogP contribution in [0.3, 0.4) is 0 Å². The molecule has 0 aromatic heterocycles. The number of nitrogens with zero attached hydrogens (tertiary/aromatic N) is 1. The van der Waals surface area contributed by atoms with Gasteiger partial charge in [-0.05, 0) is 82.2 Å². The van der Waals surface area contributed by atoms with E-state index in [9.17, 15) is 18.5 Å². The third-order valence-corrected chi connectivity index (χ3v) is 6.62. The van der Waals surface area contributed by atoms with Crippen molar-refractivity contribution in [3.63, 3.8) is 0 Å². The predicted octanol–water partition coefficient (Wildman–Crippen LogP) is 6.08. The molecule has 0 fully saturated rings. The van der Waals surface area contributed by atoms with E-state index in [1.54, 1.807) is 24.3 Å². The zero-order chi connectivity index (χ0) is 24.9. The standard InChI is InChI=1S/C23H15BrCl2N2O5S/c1-32-21-11-14(9-15(13-27)23(29)28-18-4-2-3-17(26)12-18)10-20(24)22(21)33-34(30,31)19-7-5-16(25)6-8-19/h2-12H,1H3,(H,28,29)/b15-9+. The number of hydrogen-bond donors (Lipinski definition) is 1. The van der Waals surface area contributed by atoms with Crippen molar-refractivity contribution in [3.05, 3.63) is 86.3 Å². The minimum Gasteiger partial charge on any atom is -0.493 e. The molecule has 11 heteroatoms. The zero-order valence-electron chi connectivity index (χ0n) is 17.4. The fraction of sp³-hybridized carbons (Fsp3) is 0.0435. The van der Waals surface area contributed by atoms with Crippen LogP contribution in [0.1, 0.15) is 5.56 Å². The number of carbonyl (C=O) groups is 1. The summed E-state index contributed by atoms with van der Waals surface area (Å²) in [6.45, 7) is 0. The lowest BCUT2D eigenvalue weighted by atomic mass is 10.1. The van der Waals surface area contributed by atoms with Gasteiger partial charge in [0.05, 0.1) is 11.6 Å². The summed E-state index contributed by atoms with van der Waals surface area (Å²) in [6.07, 6.45) is 1.32. The Morgan fingerprint density at radius 2 is 1.79 bits per heavy atom. The second kappa shape index (κ2) is 10.9. The van der Waals surface area contributed by atoms with E-state index in [2.05, 4.69) is 21.2 Å². The fourth-order valence-corrected chi connectivity index (χ4v) is 4.66. The number of anilines is 1. The largest absolute Gasteiger partial charge is 0.493 e. The lowest BCUT2D eigenvalue weighted by molar-refractivity contribution is -0.112. The molecule has 0 aliphatic carbocycles. The molecule has 0 radical (unpaired) electrons. The fourth-order valence-electron chi connectivity index (χ4n) is 2.74. The summed E-state index contributed by atoms with van der Waals surface area (Å²) < 4.78 is 36.1. The van der Waals surface area contributed by atoms with Gasteiger partial charge in [-0.2, -0.15) is 13.7 Å². The first kappa shape index (κ1) is 25.6. The molecule has 1 amide bonds. The van der Waals surface area contributed by atoms with Crippen molar-refractivity contribution in [2.24, 2.45) is 0 Å². The third kappa shape index (κ3) is 6.30. The highest BCUT2D eigenvalue weighted by atomic mass is 79.9. The number of benzene rings is 3. The number of carbonyl (C=O) groups excluding carboxylic acids is 1. The lowest BCUT2D eigenvalue weighted by Gasteiger charge is -2.13.